The molecule has 1 amide bonds. The first-order valence-corrected chi connectivity index (χ1v) is 9.78. The minimum atomic E-state index is -2.68. The number of nitrogens with zero attached hydrogens (tertiary/aromatic N) is 5. The van der Waals surface area contributed by atoms with Crippen molar-refractivity contribution < 1.29 is 13.6 Å². The van der Waals surface area contributed by atoms with Gasteiger partial charge in [0.2, 0.25) is 5.91 Å². The number of benzene rings is 1. The van der Waals surface area contributed by atoms with Crippen LogP contribution in [0.1, 0.15) is 60.5 Å². The van der Waals surface area contributed by atoms with E-state index in [2.05, 4.69) is 15.1 Å². The molecule has 0 radical (unpaired) electrons. The molecule has 3 aromatic rings. The van der Waals surface area contributed by atoms with Crippen molar-refractivity contribution in [3.63, 3.8) is 0 Å². The first-order chi connectivity index (χ1) is 13.9. The average molecular weight is 399 g/mol. The maximum Gasteiger partial charge on any atom is 0.280 e. The number of halogens is 2. The highest BCUT2D eigenvalue weighted by Crippen LogP contribution is 2.30. The maximum atomic E-state index is 13.5. The number of carbonyl (C=O) groups excluding carboxylic acids is 1. The quantitative estimate of drug-likeness (QED) is 0.668. The first-order valence-electron chi connectivity index (χ1n) is 9.78. The molecule has 8 heteroatoms. The van der Waals surface area contributed by atoms with Crippen LogP contribution in [0, 0.1) is 6.92 Å². The van der Waals surface area contributed by atoms with Gasteiger partial charge in [-0.2, -0.15) is 14.6 Å². The molecule has 152 valence electrons. The molecule has 0 spiro atoms. The van der Waals surface area contributed by atoms with Crippen LogP contribution in [0.25, 0.3) is 5.78 Å². The van der Waals surface area contributed by atoms with Crippen molar-refractivity contribution >= 4 is 11.7 Å². The van der Waals surface area contributed by atoms with Crippen LogP contribution in [0.2, 0.25) is 0 Å². The second kappa shape index (κ2) is 7.85. The predicted molar refractivity (Wildman–Crippen MR) is 104 cm³/mol. The highest BCUT2D eigenvalue weighted by atomic mass is 19.3. The molecular weight excluding hydrogens is 376 g/mol. The second-order valence-corrected chi connectivity index (χ2v) is 7.63. The van der Waals surface area contributed by atoms with E-state index in [1.54, 1.807) is 0 Å². The standard InChI is InChI=1S/C21H23F2N5O/c1-13-5-7-15(8-6-13)14(2)20(29)27-9-3-4-16(11-27)17-10-18(19(22)23)28-21(26-17)24-12-25-28/h5-8,10,12,14,16,19H,3-4,9,11H2,1-2H3/t14-,16+/m1/s1. The Hall–Kier alpha value is -2.90. The normalized spacial score (nSPS) is 18.4. The van der Waals surface area contributed by atoms with Gasteiger partial charge in [0.1, 0.15) is 12.0 Å². The number of aryl methyl sites for hydroxylation is 1. The van der Waals surface area contributed by atoms with Gasteiger partial charge in [-0.25, -0.2) is 13.8 Å². The highest BCUT2D eigenvalue weighted by molar-refractivity contribution is 5.83. The van der Waals surface area contributed by atoms with E-state index in [1.165, 1.54) is 12.4 Å². The van der Waals surface area contributed by atoms with Crippen LogP contribution in [0.5, 0.6) is 0 Å². The van der Waals surface area contributed by atoms with Crippen LogP contribution in [0.3, 0.4) is 0 Å². The molecule has 2 atom stereocenters. The minimum absolute atomic E-state index is 0.0520. The molecule has 0 N–H and O–H groups in total. The molecular formula is C21H23F2N5O. The molecule has 0 bridgehead atoms. The predicted octanol–water partition coefficient (Wildman–Crippen LogP) is 3.88. The Morgan fingerprint density at radius 2 is 2.00 bits per heavy atom. The number of fused-ring (bicyclic) bond motifs is 1. The fourth-order valence-corrected chi connectivity index (χ4v) is 3.91. The zero-order valence-corrected chi connectivity index (χ0v) is 16.4. The van der Waals surface area contributed by atoms with E-state index in [4.69, 9.17) is 0 Å². The summed E-state index contributed by atoms with van der Waals surface area (Å²) in [6.07, 6.45) is 0.144. The molecule has 0 aliphatic carbocycles. The SMILES string of the molecule is Cc1ccc([C@@H](C)C(=O)N2CCC[C@H](c3cc(C(F)F)n4ncnc4n3)C2)cc1. The number of carbonyl (C=O) groups is 1. The molecule has 29 heavy (non-hydrogen) atoms. The zero-order chi connectivity index (χ0) is 20.5. The third kappa shape index (κ3) is 3.83. The lowest BCUT2D eigenvalue weighted by atomic mass is 9.92. The molecule has 1 fully saturated rings. The van der Waals surface area contributed by atoms with Crippen molar-refractivity contribution in [1.29, 1.82) is 0 Å². The van der Waals surface area contributed by atoms with Gasteiger partial charge in [0.25, 0.3) is 12.2 Å². The maximum absolute atomic E-state index is 13.5. The molecule has 1 saturated heterocycles. The number of amides is 1. The summed E-state index contributed by atoms with van der Waals surface area (Å²) in [6, 6.07) is 9.36. The minimum Gasteiger partial charge on any atom is -0.342 e. The lowest BCUT2D eigenvalue weighted by Crippen LogP contribution is -2.41. The topological polar surface area (TPSA) is 63.4 Å². The Bertz CT molecular complexity index is 1020. The Morgan fingerprint density at radius 1 is 1.24 bits per heavy atom. The molecule has 6 nitrogen and oxygen atoms in total. The first kappa shape index (κ1) is 19.4. The van der Waals surface area contributed by atoms with Crippen molar-refractivity contribution in [3.8, 4) is 0 Å². The van der Waals surface area contributed by atoms with Crippen LogP contribution in [-0.2, 0) is 4.79 Å². The Labute approximate surface area is 167 Å². The summed E-state index contributed by atoms with van der Waals surface area (Å²) in [4.78, 5) is 23.3. The number of piperidine rings is 1. The van der Waals surface area contributed by atoms with Crippen LogP contribution in [0.15, 0.2) is 36.7 Å². The van der Waals surface area contributed by atoms with Crippen LogP contribution in [-0.4, -0.2) is 43.5 Å². The Morgan fingerprint density at radius 3 is 2.72 bits per heavy atom. The summed E-state index contributed by atoms with van der Waals surface area (Å²) in [7, 11) is 0. The Kier molecular flexibility index (Phi) is 5.25. The number of hydrogen-bond acceptors (Lipinski definition) is 4. The van der Waals surface area contributed by atoms with Crippen LogP contribution < -0.4 is 0 Å². The van der Waals surface area contributed by atoms with Gasteiger partial charge in [-0.1, -0.05) is 29.8 Å². The van der Waals surface area contributed by atoms with Crippen molar-refractivity contribution in [2.24, 2.45) is 0 Å². The fourth-order valence-electron chi connectivity index (χ4n) is 3.91. The summed E-state index contributed by atoms with van der Waals surface area (Å²) in [6.45, 7) is 5.06. The van der Waals surface area contributed by atoms with Gasteiger partial charge in [-0.05, 0) is 38.3 Å². The van der Waals surface area contributed by atoms with Crippen molar-refractivity contribution in [2.75, 3.05) is 13.1 Å². The highest BCUT2D eigenvalue weighted by Gasteiger charge is 2.30. The van der Waals surface area contributed by atoms with Crippen molar-refractivity contribution in [3.05, 3.63) is 59.2 Å². The number of hydrogen-bond donors (Lipinski definition) is 0. The van der Waals surface area contributed by atoms with Gasteiger partial charge in [-0.15, -0.1) is 0 Å². The number of rotatable bonds is 4. The smallest absolute Gasteiger partial charge is 0.280 e. The van der Waals surface area contributed by atoms with Gasteiger partial charge in [0, 0.05) is 19.0 Å². The number of alkyl halides is 2. The van der Waals surface area contributed by atoms with E-state index in [-0.39, 0.29) is 29.2 Å². The van der Waals surface area contributed by atoms with E-state index in [1.807, 2.05) is 43.0 Å². The number of likely N-dealkylation sites (tertiary alicyclic amines) is 1. The van der Waals surface area contributed by atoms with E-state index in [0.717, 1.165) is 28.5 Å². The van der Waals surface area contributed by atoms with Crippen molar-refractivity contribution in [1.82, 2.24) is 24.5 Å². The summed E-state index contributed by atoms with van der Waals surface area (Å²) in [5.41, 5.74) is 2.45. The molecule has 1 aliphatic heterocycles. The lowest BCUT2D eigenvalue weighted by molar-refractivity contribution is -0.133. The van der Waals surface area contributed by atoms with Crippen LogP contribution >= 0.6 is 0 Å². The number of aromatic nitrogens is 4. The lowest BCUT2D eigenvalue weighted by Gasteiger charge is -2.34. The third-order valence-electron chi connectivity index (χ3n) is 5.62. The van der Waals surface area contributed by atoms with Crippen molar-refractivity contribution in [2.45, 2.75) is 45.0 Å². The monoisotopic (exact) mass is 399 g/mol. The van der Waals surface area contributed by atoms with E-state index < -0.39 is 6.43 Å². The van der Waals surface area contributed by atoms with Gasteiger partial charge >= 0.3 is 0 Å². The van der Waals surface area contributed by atoms with E-state index >= 15 is 0 Å². The molecule has 2 aromatic heterocycles. The van der Waals surface area contributed by atoms with Gasteiger partial charge < -0.3 is 4.90 Å². The largest absolute Gasteiger partial charge is 0.342 e. The summed E-state index contributed by atoms with van der Waals surface area (Å²) in [5, 5.41) is 3.83. The van der Waals surface area contributed by atoms with Crippen LogP contribution in [0.4, 0.5) is 8.78 Å². The fraction of sp³-hybridized carbons (Fsp3) is 0.429. The summed E-state index contributed by atoms with van der Waals surface area (Å²) >= 11 is 0. The van der Waals surface area contributed by atoms with E-state index in [0.29, 0.717) is 18.8 Å². The van der Waals surface area contributed by atoms with E-state index in [9.17, 15) is 13.6 Å². The molecule has 0 unspecified atom stereocenters. The average Bonchev–Trinajstić information content (AvgIpc) is 3.21. The molecule has 1 aliphatic rings. The summed E-state index contributed by atoms with van der Waals surface area (Å²) < 4.78 is 28.0. The molecule has 3 heterocycles. The second-order valence-electron chi connectivity index (χ2n) is 7.63. The molecule has 1 aromatic carbocycles. The third-order valence-corrected chi connectivity index (χ3v) is 5.62. The zero-order valence-electron chi connectivity index (χ0n) is 16.4. The molecule has 0 saturated carbocycles. The van der Waals surface area contributed by atoms with Gasteiger partial charge in [-0.3, -0.25) is 4.79 Å². The Balaban J connectivity index is 1.56. The van der Waals surface area contributed by atoms with Gasteiger partial charge in [0.15, 0.2) is 0 Å². The molecule has 4 rings (SSSR count). The summed E-state index contributed by atoms with van der Waals surface area (Å²) in [5.74, 6) is -0.138. The van der Waals surface area contributed by atoms with Gasteiger partial charge in [0.05, 0.1) is 11.6 Å².